The van der Waals surface area contributed by atoms with Crippen molar-refractivity contribution in [2.45, 2.75) is 20.8 Å². The van der Waals surface area contributed by atoms with Crippen LogP contribution in [-0.2, 0) is 7.05 Å². The van der Waals surface area contributed by atoms with E-state index in [1.54, 1.807) is 0 Å². The molecule has 1 heterocycles. The summed E-state index contributed by atoms with van der Waals surface area (Å²) in [5.41, 5.74) is 8.08. The molecular formula is C27H32N3+. The third-order valence-corrected chi connectivity index (χ3v) is 5.52. The highest BCUT2D eigenvalue weighted by atomic mass is 15.1. The number of hydrogen-bond donors (Lipinski definition) is 0. The summed E-state index contributed by atoms with van der Waals surface area (Å²) >= 11 is 0. The summed E-state index contributed by atoms with van der Waals surface area (Å²) in [6, 6.07) is 21.3. The number of para-hydroxylation sites is 1. The zero-order chi connectivity index (χ0) is 21.8. The molecule has 0 saturated carbocycles. The van der Waals surface area contributed by atoms with Crippen LogP contribution >= 0.6 is 0 Å². The Labute approximate surface area is 180 Å². The van der Waals surface area contributed by atoms with Gasteiger partial charge in [-0.1, -0.05) is 30.9 Å². The second kappa shape index (κ2) is 9.00. The predicted octanol–water partition coefficient (Wildman–Crippen LogP) is 6.08. The van der Waals surface area contributed by atoms with Crippen LogP contribution in [0.25, 0.3) is 17.0 Å². The lowest BCUT2D eigenvalue weighted by Gasteiger charge is -2.27. The van der Waals surface area contributed by atoms with Gasteiger partial charge in [0.2, 0.25) is 11.2 Å². The second-order valence-corrected chi connectivity index (χ2v) is 7.96. The van der Waals surface area contributed by atoms with Crippen molar-refractivity contribution in [3.8, 4) is 0 Å². The van der Waals surface area contributed by atoms with E-state index in [1.165, 1.54) is 27.9 Å². The highest BCUT2D eigenvalue weighted by molar-refractivity contribution is 5.80. The van der Waals surface area contributed by atoms with Crippen LogP contribution in [0.15, 0.2) is 90.3 Å². The van der Waals surface area contributed by atoms with E-state index < -0.39 is 0 Å². The largest absolute Gasteiger partial charge is 0.378 e. The van der Waals surface area contributed by atoms with Gasteiger partial charge in [-0.3, -0.25) is 0 Å². The Morgan fingerprint density at radius 3 is 2.23 bits per heavy atom. The molecule has 3 heteroatoms. The van der Waals surface area contributed by atoms with E-state index in [1.807, 2.05) is 13.0 Å². The minimum absolute atomic E-state index is 0.999. The SMILES string of the molecule is C=C(C)N(/C(C)=C(C)/C=C/c1ccc2cc(N(C)C)ccc2[n+]1C)c1ccccc1. The van der Waals surface area contributed by atoms with E-state index in [0.717, 1.165) is 17.1 Å². The van der Waals surface area contributed by atoms with Crippen molar-refractivity contribution < 1.29 is 4.57 Å². The molecule has 30 heavy (non-hydrogen) atoms. The Balaban J connectivity index is 1.95. The van der Waals surface area contributed by atoms with Crippen molar-refractivity contribution >= 4 is 28.4 Å². The number of anilines is 2. The number of nitrogens with zero attached hydrogens (tertiary/aromatic N) is 3. The van der Waals surface area contributed by atoms with Crippen molar-refractivity contribution in [2.75, 3.05) is 23.9 Å². The molecule has 3 aromatic rings. The number of aromatic nitrogens is 1. The average molecular weight is 399 g/mol. The third kappa shape index (κ3) is 4.46. The van der Waals surface area contributed by atoms with E-state index in [2.05, 4.69) is 123 Å². The Morgan fingerprint density at radius 2 is 1.60 bits per heavy atom. The highest BCUT2D eigenvalue weighted by Crippen LogP contribution is 2.25. The molecule has 0 aliphatic rings. The first-order valence-electron chi connectivity index (χ1n) is 10.3. The Hall–Kier alpha value is -3.33. The van der Waals surface area contributed by atoms with Crippen LogP contribution in [0.4, 0.5) is 11.4 Å². The van der Waals surface area contributed by atoms with Gasteiger partial charge in [0.05, 0.1) is 0 Å². The zero-order valence-electron chi connectivity index (χ0n) is 19.0. The summed E-state index contributed by atoms with van der Waals surface area (Å²) < 4.78 is 2.24. The number of aryl methyl sites for hydroxylation is 1. The van der Waals surface area contributed by atoms with Crippen molar-refractivity contribution in [3.05, 3.63) is 96.0 Å². The molecule has 0 N–H and O–H groups in total. The highest BCUT2D eigenvalue weighted by Gasteiger charge is 2.13. The fourth-order valence-electron chi connectivity index (χ4n) is 3.64. The number of fused-ring (bicyclic) bond motifs is 1. The number of pyridine rings is 1. The van der Waals surface area contributed by atoms with Gasteiger partial charge in [0.1, 0.15) is 7.05 Å². The van der Waals surface area contributed by atoms with Gasteiger partial charge >= 0.3 is 0 Å². The molecule has 3 nitrogen and oxygen atoms in total. The molecule has 0 unspecified atom stereocenters. The Morgan fingerprint density at radius 1 is 0.900 bits per heavy atom. The summed E-state index contributed by atoms with van der Waals surface area (Å²) in [6.07, 6.45) is 4.36. The first kappa shape index (κ1) is 21.4. The second-order valence-electron chi connectivity index (χ2n) is 7.96. The van der Waals surface area contributed by atoms with Crippen molar-refractivity contribution in [1.29, 1.82) is 0 Å². The number of rotatable bonds is 6. The fraction of sp³-hybridized carbons (Fsp3) is 0.222. The summed E-state index contributed by atoms with van der Waals surface area (Å²) in [5.74, 6) is 0. The van der Waals surface area contributed by atoms with E-state index in [0.29, 0.717) is 0 Å². The first-order chi connectivity index (χ1) is 14.3. The van der Waals surface area contributed by atoms with Gasteiger partial charge in [0, 0.05) is 60.5 Å². The molecule has 0 atom stereocenters. The first-order valence-corrected chi connectivity index (χ1v) is 10.3. The predicted molar refractivity (Wildman–Crippen MR) is 131 cm³/mol. The molecule has 0 bridgehead atoms. The summed E-state index contributed by atoms with van der Waals surface area (Å²) in [5, 5.41) is 1.24. The van der Waals surface area contributed by atoms with Gasteiger partial charge in [0.15, 0.2) is 0 Å². The molecule has 0 radical (unpaired) electrons. The van der Waals surface area contributed by atoms with E-state index in [9.17, 15) is 0 Å². The molecule has 0 fully saturated rings. The smallest absolute Gasteiger partial charge is 0.212 e. The van der Waals surface area contributed by atoms with Gasteiger partial charge in [-0.25, -0.2) is 0 Å². The van der Waals surface area contributed by atoms with E-state index in [4.69, 9.17) is 0 Å². The van der Waals surface area contributed by atoms with Crippen LogP contribution < -0.4 is 14.4 Å². The topological polar surface area (TPSA) is 10.4 Å². The monoisotopic (exact) mass is 398 g/mol. The minimum atomic E-state index is 0.999. The summed E-state index contributed by atoms with van der Waals surface area (Å²) in [4.78, 5) is 4.33. The van der Waals surface area contributed by atoms with E-state index >= 15 is 0 Å². The number of hydrogen-bond acceptors (Lipinski definition) is 2. The van der Waals surface area contributed by atoms with Crippen molar-refractivity contribution in [3.63, 3.8) is 0 Å². The molecule has 0 aliphatic heterocycles. The molecule has 0 aliphatic carbocycles. The number of allylic oxidation sites excluding steroid dienone is 4. The molecule has 0 amide bonds. The lowest BCUT2D eigenvalue weighted by molar-refractivity contribution is -0.646. The van der Waals surface area contributed by atoms with Gasteiger partial charge in [-0.2, -0.15) is 4.57 Å². The van der Waals surface area contributed by atoms with Crippen molar-refractivity contribution in [2.24, 2.45) is 7.05 Å². The fourth-order valence-corrected chi connectivity index (χ4v) is 3.64. The van der Waals surface area contributed by atoms with Crippen LogP contribution in [0.2, 0.25) is 0 Å². The Bertz CT molecular complexity index is 1120. The van der Waals surface area contributed by atoms with E-state index in [-0.39, 0.29) is 0 Å². The third-order valence-electron chi connectivity index (χ3n) is 5.52. The summed E-state index contributed by atoms with van der Waals surface area (Å²) in [6.45, 7) is 10.5. The lowest BCUT2D eigenvalue weighted by Crippen LogP contribution is -2.32. The molecule has 3 rings (SSSR count). The molecule has 0 spiro atoms. The molecular weight excluding hydrogens is 366 g/mol. The standard InChI is InChI=1S/C27H32N3/c1-20(2)30(25-11-9-8-10-12-25)22(4)21(3)13-15-24-16-14-23-19-26(28(5)6)17-18-27(23)29(24)7/h8-19H,1H2,2-7H3/q+1. The number of benzene rings is 2. The molecule has 154 valence electrons. The maximum Gasteiger partial charge on any atom is 0.212 e. The lowest BCUT2D eigenvalue weighted by atomic mass is 10.1. The van der Waals surface area contributed by atoms with Crippen LogP contribution in [0.3, 0.4) is 0 Å². The normalized spacial score (nSPS) is 12.2. The van der Waals surface area contributed by atoms with Crippen LogP contribution in [-0.4, -0.2) is 14.1 Å². The summed E-state index contributed by atoms with van der Waals surface area (Å²) in [7, 11) is 6.26. The minimum Gasteiger partial charge on any atom is -0.378 e. The van der Waals surface area contributed by atoms with Gasteiger partial charge < -0.3 is 9.80 Å². The molecule has 0 saturated heterocycles. The quantitative estimate of drug-likeness (QED) is 0.368. The van der Waals surface area contributed by atoms with Gasteiger partial charge in [-0.15, -0.1) is 0 Å². The van der Waals surface area contributed by atoms with Gasteiger partial charge in [-0.05, 0) is 56.7 Å². The maximum atomic E-state index is 4.18. The Kier molecular flexibility index (Phi) is 6.41. The van der Waals surface area contributed by atoms with Crippen LogP contribution in [0.1, 0.15) is 26.5 Å². The average Bonchev–Trinajstić information content (AvgIpc) is 2.73. The molecule has 1 aromatic heterocycles. The zero-order valence-corrected chi connectivity index (χ0v) is 19.0. The van der Waals surface area contributed by atoms with Crippen LogP contribution in [0, 0.1) is 0 Å². The van der Waals surface area contributed by atoms with Crippen LogP contribution in [0.5, 0.6) is 0 Å². The van der Waals surface area contributed by atoms with Gasteiger partial charge in [0.25, 0.3) is 0 Å². The maximum absolute atomic E-state index is 4.18. The molecule has 2 aromatic carbocycles. The van der Waals surface area contributed by atoms with Crippen molar-refractivity contribution in [1.82, 2.24) is 0 Å².